The van der Waals surface area contributed by atoms with Crippen LogP contribution >= 0.6 is 0 Å². The Hall–Kier alpha value is -8.99. The molecule has 410 valence electrons. The summed E-state index contributed by atoms with van der Waals surface area (Å²) < 4.78 is 20.7. The number of hydrogen-bond acceptors (Lipinski definition) is 2. The van der Waals surface area contributed by atoms with Gasteiger partial charge in [-0.3, -0.25) is 0 Å². The topological polar surface area (TPSA) is 27.3 Å². The number of aromatic nitrogens is 2. The molecular weight excluding hydrogens is 1030 g/mol. The first kappa shape index (κ1) is 48.4. The van der Waals surface area contributed by atoms with Gasteiger partial charge in [0.25, 0.3) is 6.33 Å². The minimum absolute atomic E-state index is 0.00438. The van der Waals surface area contributed by atoms with Gasteiger partial charge in [0, 0.05) is 106 Å². The molecule has 0 atom stereocenters. The number of nitrogens with zero attached hydrogens (tertiary/aromatic N) is 2. The first-order chi connectivity index (χ1) is 42.1. The molecule has 0 saturated heterocycles. The van der Waals surface area contributed by atoms with Crippen LogP contribution < -0.4 is 14.0 Å². The minimum atomic E-state index is -0.00438. The maximum atomic E-state index is 7.64. The second-order valence-corrected chi connectivity index (χ2v) is 25.6. The zero-order valence-corrected chi connectivity index (χ0v) is 48.6. The molecule has 8 bridgehead atoms. The van der Waals surface area contributed by atoms with E-state index in [-0.39, 0.29) is 47.3 Å². The second-order valence-electron chi connectivity index (χ2n) is 25.6. The zero-order valence-electron chi connectivity index (χ0n) is 48.6. The first-order valence-electron chi connectivity index (χ1n) is 31.6. The molecule has 4 heteroatoms. The van der Waals surface area contributed by atoms with E-state index in [0.717, 1.165) is 37.2 Å². The van der Waals surface area contributed by atoms with Gasteiger partial charge in [-0.25, -0.2) is 0 Å². The van der Waals surface area contributed by atoms with Crippen LogP contribution in [0.3, 0.4) is 0 Å². The summed E-state index contributed by atoms with van der Waals surface area (Å²) in [5.74, 6) is 2.26. The molecular formula is C81H65N2O2+. The van der Waals surface area contributed by atoms with E-state index in [1.54, 1.807) is 0 Å². The van der Waals surface area contributed by atoms with E-state index < -0.39 is 0 Å². The molecule has 12 aliphatic rings. The Morgan fingerprint density at radius 3 is 0.788 bits per heavy atom. The summed E-state index contributed by atoms with van der Waals surface area (Å²) >= 11 is 0. The monoisotopic (exact) mass is 1100 g/mol. The smallest absolute Gasteiger partial charge is 0.254 e. The van der Waals surface area contributed by atoms with Crippen LogP contribution in [0.25, 0.3) is 11.4 Å². The van der Waals surface area contributed by atoms with E-state index in [1.165, 1.54) is 156 Å². The summed E-state index contributed by atoms with van der Waals surface area (Å²) in [5, 5.41) is 0. The fraction of sp³-hybridized carbons (Fsp3) is 0.222. The molecule has 12 aliphatic carbocycles. The fourth-order valence-electron chi connectivity index (χ4n) is 18.6. The van der Waals surface area contributed by atoms with Gasteiger partial charge >= 0.3 is 0 Å². The largest absolute Gasteiger partial charge is 0.493 e. The van der Waals surface area contributed by atoms with Gasteiger partial charge in [0.15, 0.2) is 0 Å². The van der Waals surface area contributed by atoms with Crippen molar-refractivity contribution in [2.24, 2.45) is 0 Å². The maximum Gasteiger partial charge on any atom is 0.254 e. The lowest BCUT2D eigenvalue weighted by molar-refractivity contribution is -0.602. The Balaban J connectivity index is 0.974. The van der Waals surface area contributed by atoms with Crippen LogP contribution in [0.1, 0.15) is 232 Å². The van der Waals surface area contributed by atoms with Crippen LogP contribution in [0.2, 0.25) is 0 Å². The SMILES string of the molecule is CCCCOc1c2c(c(-n3c[n+](-c4c5c(c(OCCCC)c6c4C4c7ccccc7C6c6ccccc64)C4c6ccccc6C5c5ccccc54)c(C)c3C)c3c1C1c4ccccc4C3c3ccccc31)C1c3ccccc3C2c2ccccc21. The van der Waals surface area contributed by atoms with Crippen LogP contribution in [0.5, 0.6) is 11.5 Å². The Morgan fingerprint density at radius 1 is 0.318 bits per heavy atom. The van der Waals surface area contributed by atoms with Crippen molar-refractivity contribution in [1.82, 2.24) is 4.57 Å². The molecule has 1 heterocycles. The van der Waals surface area contributed by atoms with Gasteiger partial charge in [0.05, 0.1) is 13.2 Å². The maximum absolute atomic E-state index is 7.64. The molecule has 0 aliphatic heterocycles. The van der Waals surface area contributed by atoms with Gasteiger partial charge in [0.2, 0.25) is 0 Å². The molecule has 11 aromatic rings. The average Bonchev–Trinajstić information content (AvgIpc) is 1.38. The summed E-state index contributed by atoms with van der Waals surface area (Å²) in [4.78, 5) is 0. The molecule has 0 amide bonds. The molecule has 0 unspecified atom stereocenters. The van der Waals surface area contributed by atoms with Crippen molar-refractivity contribution in [2.45, 2.75) is 101 Å². The van der Waals surface area contributed by atoms with Crippen LogP contribution in [0, 0.1) is 13.8 Å². The Bertz CT molecular complexity index is 4000. The van der Waals surface area contributed by atoms with Crippen molar-refractivity contribution < 1.29 is 14.0 Å². The zero-order chi connectivity index (χ0) is 56.1. The molecule has 4 nitrogen and oxygen atoms in total. The predicted octanol–water partition coefficient (Wildman–Crippen LogP) is 17.7. The molecule has 0 saturated carbocycles. The lowest BCUT2D eigenvalue weighted by atomic mass is 9.55. The quantitative estimate of drug-likeness (QED) is 0.101. The van der Waals surface area contributed by atoms with Gasteiger partial charge in [-0.1, -0.05) is 221 Å². The van der Waals surface area contributed by atoms with E-state index in [2.05, 4.69) is 237 Å². The van der Waals surface area contributed by atoms with Crippen molar-refractivity contribution in [2.75, 3.05) is 13.2 Å². The number of ether oxygens (including phenoxy) is 2. The average molecular weight is 1100 g/mol. The highest BCUT2D eigenvalue weighted by molar-refractivity contribution is 5.86. The molecule has 1 aromatic heterocycles. The summed E-state index contributed by atoms with van der Waals surface area (Å²) in [5.41, 5.74) is 38.9. The Kier molecular flexibility index (Phi) is 10.1. The van der Waals surface area contributed by atoms with Crippen molar-refractivity contribution in [3.8, 4) is 22.9 Å². The summed E-state index contributed by atoms with van der Waals surface area (Å²) in [6, 6.07) is 75.3. The second kappa shape index (κ2) is 17.8. The molecule has 0 fully saturated rings. The number of benzene rings is 10. The van der Waals surface area contributed by atoms with Crippen molar-refractivity contribution in [3.63, 3.8) is 0 Å². The number of hydrogen-bond donors (Lipinski definition) is 0. The van der Waals surface area contributed by atoms with Gasteiger partial charge < -0.3 is 9.47 Å². The van der Waals surface area contributed by atoms with E-state index in [9.17, 15) is 0 Å². The predicted molar refractivity (Wildman–Crippen MR) is 337 cm³/mol. The molecule has 85 heavy (non-hydrogen) atoms. The van der Waals surface area contributed by atoms with Crippen LogP contribution in [-0.2, 0) is 0 Å². The third-order valence-electron chi connectivity index (χ3n) is 21.9. The van der Waals surface area contributed by atoms with Crippen LogP contribution in [0.15, 0.2) is 200 Å². The third-order valence-corrected chi connectivity index (χ3v) is 21.9. The number of rotatable bonds is 10. The van der Waals surface area contributed by atoms with E-state index in [1.807, 2.05) is 0 Å². The molecule has 10 aromatic carbocycles. The van der Waals surface area contributed by atoms with Gasteiger partial charge in [-0.2, -0.15) is 9.13 Å². The Labute approximate surface area is 498 Å². The normalized spacial score (nSPS) is 21.2. The number of imidazole rings is 1. The summed E-state index contributed by atoms with van der Waals surface area (Å²) in [7, 11) is 0. The molecule has 0 radical (unpaired) electrons. The molecule has 0 spiro atoms. The van der Waals surface area contributed by atoms with Crippen molar-refractivity contribution >= 4 is 0 Å². The first-order valence-corrected chi connectivity index (χ1v) is 31.6. The highest BCUT2D eigenvalue weighted by Gasteiger charge is 2.56. The minimum Gasteiger partial charge on any atom is -0.493 e. The summed E-state index contributed by atoms with van der Waals surface area (Å²) in [6.07, 6.45) is 6.71. The highest BCUT2D eigenvalue weighted by atomic mass is 16.5. The van der Waals surface area contributed by atoms with Gasteiger partial charge in [-0.05, 0) is 102 Å². The third kappa shape index (κ3) is 6.05. The van der Waals surface area contributed by atoms with E-state index >= 15 is 0 Å². The van der Waals surface area contributed by atoms with E-state index in [0.29, 0.717) is 13.2 Å². The van der Waals surface area contributed by atoms with Crippen LogP contribution in [0.4, 0.5) is 0 Å². The lowest BCUT2D eigenvalue weighted by Crippen LogP contribution is -2.42. The molecule has 0 N–H and O–H groups in total. The van der Waals surface area contributed by atoms with Crippen molar-refractivity contribution in [3.05, 3.63) is 345 Å². The van der Waals surface area contributed by atoms with Crippen LogP contribution in [-0.4, -0.2) is 17.8 Å². The van der Waals surface area contributed by atoms with Gasteiger partial charge in [0.1, 0.15) is 34.3 Å². The van der Waals surface area contributed by atoms with Gasteiger partial charge in [-0.15, -0.1) is 0 Å². The summed E-state index contributed by atoms with van der Waals surface area (Å²) in [6.45, 7) is 10.8. The lowest BCUT2D eigenvalue weighted by Gasteiger charge is -2.48. The Morgan fingerprint density at radius 2 is 0.541 bits per heavy atom. The van der Waals surface area contributed by atoms with Crippen molar-refractivity contribution in [1.29, 1.82) is 0 Å². The molecule has 23 rings (SSSR count). The number of unbranched alkanes of at least 4 members (excludes halogenated alkanes) is 2. The standard InChI is InChI=1S/C81H65N2O2/c1-5-7-41-84-80-74-66-54-33-17-9-25-46(54)62(47-26-10-18-34-55(47)66)70(74)78(71-63-48-27-11-19-35-56(48)67(75(71)80)57-36-20-12-28-49(57)63)82-43-83(45(4)44(82)3)79-72-64-50-29-13-21-37-58(50)68(59-38-22-14-30-51(59)64)76(72)81(85-42-8-6-2)77-69-60-39-23-15-31-52(60)65(73(77)79)53-32-16-24-40-61(53)69/h9-40,43,62-69H,5-8,41-42H2,1-4H3/q+1. The highest BCUT2D eigenvalue weighted by Crippen LogP contribution is 2.69. The van der Waals surface area contributed by atoms with E-state index in [4.69, 9.17) is 9.47 Å². The fourth-order valence-corrected chi connectivity index (χ4v) is 18.6.